The molecule has 0 spiro atoms. The summed E-state index contributed by atoms with van der Waals surface area (Å²) in [6.45, 7) is 4.61. The van der Waals surface area contributed by atoms with Crippen molar-refractivity contribution in [2.24, 2.45) is 0 Å². The molecule has 0 bridgehead atoms. The maximum Gasteiger partial charge on any atom is 0.410 e. The maximum absolute atomic E-state index is 11.8. The molecule has 0 aliphatic heterocycles. The van der Waals surface area contributed by atoms with E-state index in [0.717, 1.165) is 10.2 Å². The third-order valence-electron chi connectivity index (χ3n) is 2.52. The predicted octanol–water partition coefficient (Wildman–Crippen LogP) is 3.07. The minimum Gasteiger partial charge on any atom is -0.463 e. The van der Waals surface area contributed by atoms with Gasteiger partial charge in [-0.1, -0.05) is 0 Å². The molecule has 0 unspecified atom stereocenters. The molecule has 7 heteroatoms. The number of hydrogen-bond acceptors (Lipinski definition) is 5. The van der Waals surface area contributed by atoms with Crippen LogP contribution < -0.4 is 0 Å². The molecule has 0 radical (unpaired) electrons. The minimum absolute atomic E-state index is 0.279. The van der Waals surface area contributed by atoms with Gasteiger partial charge in [-0.15, -0.1) is 11.3 Å². The van der Waals surface area contributed by atoms with Crippen molar-refractivity contribution in [3.63, 3.8) is 0 Å². The first-order valence-corrected chi connectivity index (χ1v) is 7.99. The second kappa shape index (κ2) is 8.97. The van der Waals surface area contributed by atoms with E-state index in [1.54, 1.807) is 23.2 Å². The van der Waals surface area contributed by atoms with Crippen LogP contribution in [0.2, 0.25) is 0 Å². The van der Waals surface area contributed by atoms with E-state index in [-0.39, 0.29) is 13.2 Å². The zero-order chi connectivity index (χ0) is 15.0. The maximum atomic E-state index is 11.8. The van der Waals surface area contributed by atoms with Crippen molar-refractivity contribution in [2.45, 2.75) is 20.3 Å². The van der Waals surface area contributed by atoms with E-state index in [9.17, 15) is 9.59 Å². The van der Waals surface area contributed by atoms with Gasteiger partial charge in [-0.3, -0.25) is 0 Å². The third-order valence-corrected chi connectivity index (χ3v) is 4.20. The summed E-state index contributed by atoms with van der Waals surface area (Å²) in [5.74, 6) is -0.529. The molecule has 0 aliphatic rings. The highest BCUT2D eigenvalue weighted by Gasteiger charge is 2.15. The van der Waals surface area contributed by atoms with Crippen LogP contribution in [0.3, 0.4) is 0 Å². The number of hydrogen-bond donors (Lipinski definition) is 0. The number of halogens is 1. The van der Waals surface area contributed by atoms with Crippen LogP contribution in [0.4, 0.5) is 4.79 Å². The Morgan fingerprint density at radius 1 is 1.30 bits per heavy atom. The highest BCUT2D eigenvalue weighted by Crippen LogP contribution is 2.22. The van der Waals surface area contributed by atoms with Gasteiger partial charge in [0, 0.05) is 18.0 Å². The lowest BCUT2D eigenvalue weighted by atomic mass is 10.3. The van der Waals surface area contributed by atoms with Gasteiger partial charge >= 0.3 is 12.1 Å². The van der Waals surface area contributed by atoms with Gasteiger partial charge in [0.15, 0.2) is 6.61 Å². The Labute approximate surface area is 131 Å². The summed E-state index contributed by atoms with van der Waals surface area (Å²) in [5.41, 5.74) is 0. The normalized spacial score (nSPS) is 10.2. The Morgan fingerprint density at radius 3 is 2.60 bits per heavy atom. The summed E-state index contributed by atoms with van der Waals surface area (Å²) in [6, 6.07) is 4.00. The monoisotopic (exact) mass is 363 g/mol. The molecule has 1 amide bonds. The van der Waals surface area contributed by atoms with Crippen molar-refractivity contribution in [2.75, 3.05) is 26.3 Å². The molecular weight excluding hydrogens is 346 g/mol. The first-order chi connectivity index (χ1) is 9.56. The SMILES string of the molecule is CCOC(=O)COC(=O)N(CC)CCc1ccc(Br)s1. The standard InChI is InChI=1S/C13H18BrNO4S/c1-3-15(8-7-10-5-6-11(14)20-10)13(17)19-9-12(16)18-4-2/h5-6H,3-4,7-9H2,1-2H3. The lowest BCUT2D eigenvalue weighted by Gasteiger charge is -2.19. The summed E-state index contributed by atoms with van der Waals surface area (Å²) in [7, 11) is 0. The molecule has 5 nitrogen and oxygen atoms in total. The minimum atomic E-state index is -0.529. The first-order valence-electron chi connectivity index (χ1n) is 6.38. The van der Waals surface area contributed by atoms with Crippen LogP contribution in [0.1, 0.15) is 18.7 Å². The molecule has 1 heterocycles. The van der Waals surface area contributed by atoms with E-state index in [1.165, 1.54) is 4.88 Å². The fraction of sp³-hybridized carbons (Fsp3) is 0.538. The lowest BCUT2D eigenvalue weighted by molar-refractivity contribution is -0.146. The fourth-order valence-electron chi connectivity index (χ4n) is 1.52. The number of nitrogens with zero attached hydrogens (tertiary/aromatic N) is 1. The van der Waals surface area contributed by atoms with Gasteiger partial charge in [0.25, 0.3) is 0 Å². The number of ether oxygens (including phenoxy) is 2. The van der Waals surface area contributed by atoms with Crippen LogP contribution in [0.15, 0.2) is 15.9 Å². The largest absolute Gasteiger partial charge is 0.463 e. The molecule has 0 aliphatic carbocycles. The van der Waals surface area contributed by atoms with Crippen molar-refractivity contribution in [3.05, 3.63) is 20.8 Å². The summed E-state index contributed by atoms with van der Waals surface area (Å²) < 4.78 is 10.7. The second-order valence-corrected chi connectivity index (χ2v) is 6.44. The molecule has 20 heavy (non-hydrogen) atoms. The summed E-state index contributed by atoms with van der Waals surface area (Å²) in [4.78, 5) is 25.7. The van der Waals surface area contributed by atoms with E-state index in [0.29, 0.717) is 13.1 Å². The zero-order valence-electron chi connectivity index (χ0n) is 11.6. The Morgan fingerprint density at radius 2 is 2.05 bits per heavy atom. The number of esters is 1. The highest BCUT2D eigenvalue weighted by atomic mass is 79.9. The first kappa shape index (κ1) is 17.0. The smallest absolute Gasteiger partial charge is 0.410 e. The van der Waals surface area contributed by atoms with Gasteiger partial charge < -0.3 is 14.4 Å². The van der Waals surface area contributed by atoms with Gasteiger partial charge in [-0.2, -0.15) is 0 Å². The van der Waals surface area contributed by atoms with Crippen molar-refractivity contribution >= 4 is 39.3 Å². The molecule has 0 aromatic carbocycles. The lowest BCUT2D eigenvalue weighted by Crippen LogP contribution is -2.34. The molecule has 0 fully saturated rings. The Kier molecular flexibility index (Phi) is 7.61. The van der Waals surface area contributed by atoms with Crippen molar-refractivity contribution in [1.82, 2.24) is 4.90 Å². The number of thiophene rings is 1. The number of likely N-dealkylation sites (N-methyl/N-ethyl adjacent to an activating group) is 1. The topological polar surface area (TPSA) is 55.8 Å². The van der Waals surface area contributed by atoms with Crippen LogP contribution in [-0.2, 0) is 20.7 Å². The Hall–Kier alpha value is -1.08. The quantitative estimate of drug-likeness (QED) is 0.698. The van der Waals surface area contributed by atoms with Crippen LogP contribution in [0.5, 0.6) is 0 Å². The molecule has 1 aromatic heterocycles. The van der Waals surface area contributed by atoms with Crippen LogP contribution >= 0.6 is 27.3 Å². The van der Waals surface area contributed by atoms with Crippen molar-refractivity contribution in [1.29, 1.82) is 0 Å². The van der Waals surface area contributed by atoms with Gasteiger partial charge in [-0.25, -0.2) is 9.59 Å². The van der Waals surface area contributed by atoms with Crippen molar-refractivity contribution < 1.29 is 19.1 Å². The molecule has 0 saturated heterocycles. The van der Waals surface area contributed by atoms with E-state index < -0.39 is 12.1 Å². The zero-order valence-corrected chi connectivity index (χ0v) is 14.0. The van der Waals surface area contributed by atoms with E-state index >= 15 is 0 Å². The summed E-state index contributed by atoms with van der Waals surface area (Å²) in [6.07, 6.45) is 0.273. The number of amides is 1. The van der Waals surface area contributed by atoms with Gasteiger partial charge in [0.1, 0.15) is 0 Å². The summed E-state index contributed by atoms with van der Waals surface area (Å²) >= 11 is 5.04. The second-order valence-electron chi connectivity index (χ2n) is 3.90. The van der Waals surface area contributed by atoms with Crippen LogP contribution in [-0.4, -0.2) is 43.3 Å². The molecule has 0 atom stereocenters. The third kappa shape index (κ3) is 5.92. The highest BCUT2D eigenvalue weighted by molar-refractivity contribution is 9.11. The Bertz CT molecular complexity index is 449. The van der Waals surface area contributed by atoms with E-state index in [2.05, 4.69) is 15.9 Å². The molecular formula is C13H18BrNO4S. The Balaban J connectivity index is 2.37. The van der Waals surface area contributed by atoms with E-state index in [1.807, 2.05) is 19.1 Å². The van der Waals surface area contributed by atoms with E-state index in [4.69, 9.17) is 9.47 Å². The molecule has 0 N–H and O–H groups in total. The van der Waals surface area contributed by atoms with Crippen LogP contribution in [0.25, 0.3) is 0 Å². The van der Waals surface area contributed by atoms with Gasteiger partial charge in [0.2, 0.25) is 0 Å². The molecule has 1 aromatic rings. The number of carbonyl (C=O) groups is 2. The molecule has 1 rings (SSSR count). The van der Waals surface area contributed by atoms with Crippen molar-refractivity contribution in [3.8, 4) is 0 Å². The summed E-state index contributed by atoms with van der Waals surface area (Å²) in [5, 5.41) is 0. The molecule has 112 valence electrons. The molecule has 0 saturated carbocycles. The van der Waals surface area contributed by atoms with Gasteiger partial charge in [-0.05, 0) is 48.3 Å². The predicted molar refractivity (Wildman–Crippen MR) is 81.0 cm³/mol. The average Bonchev–Trinajstić information content (AvgIpc) is 2.83. The number of carbonyl (C=O) groups excluding carboxylic acids is 2. The average molecular weight is 364 g/mol. The van der Waals surface area contributed by atoms with Gasteiger partial charge in [0.05, 0.1) is 10.4 Å². The number of rotatable bonds is 7. The fourth-order valence-corrected chi connectivity index (χ4v) is 3.00. The van der Waals surface area contributed by atoms with Crippen LogP contribution in [0, 0.1) is 0 Å².